The van der Waals surface area contributed by atoms with Crippen LogP contribution >= 0.6 is 0 Å². The highest BCUT2D eigenvalue weighted by Gasteiger charge is 2.45. The number of rotatable bonds is 5. The Morgan fingerprint density at radius 3 is 2.61 bits per heavy atom. The van der Waals surface area contributed by atoms with E-state index in [9.17, 15) is 4.39 Å². The van der Waals surface area contributed by atoms with Gasteiger partial charge in [0, 0.05) is 7.11 Å². The first-order chi connectivity index (χ1) is 8.63. The van der Waals surface area contributed by atoms with E-state index in [4.69, 9.17) is 4.74 Å². The minimum Gasteiger partial charge on any atom is -0.376 e. The van der Waals surface area contributed by atoms with Gasteiger partial charge in [-0.2, -0.15) is 0 Å². The molecule has 1 aliphatic rings. The van der Waals surface area contributed by atoms with Gasteiger partial charge in [0.15, 0.2) is 0 Å². The Morgan fingerprint density at radius 2 is 2.17 bits per heavy atom. The summed E-state index contributed by atoms with van der Waals surface area (Å²) in [7, 11) is 1.78. The third kappa shape index (κ3) is 2.29. The Balaban J connectivity index is 2.34. The van der Waals surface area contributed by atoms with E-state index < -0.39 is 0 Å². The number of likely N-dealkylation sites (N-methyl/N-ethyl adjacent to an activating group) is 1. The summed E-state index contributed by atoms with van der Waals surface area (Å²) in [5.74, 6) is -0.174. The zero-order valence-corrected chi connectivity index (χ0v) is 11.4. The normalized spacial score (nSPS) is 19.3. The SMILES string of the molecule is CCNC(c1ccc(F)cc1C)C1(OC)CCC1. The molecule has 0 amide bonds. The summed E-state index contributed by atoms with van der Waals surface area (Å²) in [4.78, 5) is 0. The second-order valence-electron chi connectivity index (χ2n) is 5.11. The maximum absolute atomic E-state index is 13.2. The van der Waals surface area contributed by atoms with E-state index in [-0.39, 0.29) is 17.5 Å². The molecule has 0 heterocycles. The summed E-state index contributed by atoms with van der Waals surface area (Å²) in [6, 6.07) is 5.18. The predicted molar refractivity (Wildman–Crippen MR) is 71.1 cm³/mol. The van der Waals surface area contributed by atoms with Crippen LogP contribution in [0, 0.1) is 12.7 Å². The Kier molecular flexibility index (Phi) is 4.03. The molecule has 3 heteroatoms. The minimum atomic E-state index is -0.174. The molecule has 2 nitrogen and oxygen atoms in total. The smallest absolute Gasteiger partial charge is 0.123 e. The number of hydrogen-bond donors (Lipinski definition) is 1. The van der Waals surface area contributed by atoms with Crippen molar-refractivity contribution in [2.45, 2.75) is 44.8 Å². The second kappa shape index (κ2) is 5.37. The number of ether oxygens (including phenoxy) is 1. The van der Waals surface area contributed by atoms with Crippen LogP contribution in [0.2, 0.25) is 0 Å². The molecule has 1 aromatic rings. The molecule has 1 aromatic carbocycles. The predicted octanol–water partition coefficient (Wildman–Crippen LogP) is 3.35. The van der Waals surface area contributed by atoms with Gasteiger partial charge >= 0.3 is 0 Å². The van der Waals surface area contributed by atoms with E-state index in [0.717, 1.165) is 30.5 Å². The van der Waals surface area contributed by atoms with Crippen molar-refractivity contribution in [3.63, 3.8) is 0 Å². The van der Waals surface area contributed by atoms with Crippen LogP contribution in [0.5, 0.6) is 0 Å². The maximum atomic E-state index is 13.2. The summed E-state index contributed by atoms with van der Waals surface area (Å²) in [6.45, 7) is 4.94. The molecule has 18 heavy (non-hydrogen) atoms. The fourth-order valence-corrected chi connectivity index (χ4v) is 2.88. The lowest BCUT2D eigenvalue weighted by Gasteiger charge is -2.47. The fraction of sp³-hybridized carbons (Fsp3) is 0.600. The molecular weight excluding hydrogens is 229 g/mol. The molecule has 1 atom stereocenters. The lowest BCUT2D eigenvalue weighted by Crippen LogP contribution is -2.50. The van der Waals surface area contributed by atoms with Gasteiger partial charge in [0.1, 0.15) is 5.82 Å². The van der Waals surface area contributed by atoms with E-state index in [1.807, 2.05) is 13.0 Å². The molecule has 1 unspecified atom stereocenters. The average Bonchev–Trinajstić information content (AvgIpc) is 2.27. The third-order valence-electron chi connectivity index (χ3n) is 4.08. The topological polar surface area (TPSA) is 21.3 Å². The first kappa shape index (κ1) is 13.5. The number of aryl methyl sites for hydroxylation is 1. The molecule has 0 bridgehead atoms. The van der Waals surface area contributed by atoms with Crippen LogP contribution in [-0.2, 0) is 4.74 Å². The Hall–Kier alpha value is -0.930. The average molecular weight is 251 g/mol. The van der Waals surface area contributed by atoms with Crippen molar-refractivity contribution in [2.75, 3.05) is 13.7 Å². The largest absolute Gasteiger partial charge is 0.376 e. The van der Waals surface area contributed by atoms with Crippen molar-refractivity contribution in [2.24, 2.45) is 0 Å². The number of benzene rings is 1. The monoisotopic (exact) mass is 251 g/mol. The minimum absolute atomic E-state index is 0.113. The highest BCUT2D eigenvalue weighted by Crippen LogP contribution is 2.45. The summed E-state index contributed by atoms with van der Waals surface area (Å²) in [5, 5.41) is 3.51. The molecular formula is C15H22FNO. The standard InChI is InChI=1S/C15H22FNO/c1-4-17-14(15(18-3)8-5-9-15)13-7-6-12(16)10-11(13)2/h6-7,10,14,17H,4-5,8-9H2,1-3H3. The Morgan fingerprint density at radius 1 is 1.44 bits per heavy atom. The molecule has 100 valence electrons. The van der Waals surface area contributed by atoms with E-state index in [1.165, 1.54) is 12.5 Å². The van der Waals surface area contributed by atoms with Crippen LogP contribution < -0.4 is 5.32 Å². The van der Waals surface area contributed by atoms with Crippen LogP contribution in [0.1, 0.15) is 43.4 Å². The number of halogens is 1. The van der Waals surface area contributed by atoms with E-state index in [2.05, 4.69) is 12.2 Å². The molecule has 1 aliphatic carbocycles. The summed E-state index contributed by atoms with van der Waals surface area (Å²) in [6.07, 6.45) is 3.34. The third-order valence-corrected chi connectivity index (χ3v) is 4.08. The summed E-state index contributed by atoms with van der Waals surface area (Å²) >= 11 is 0. The van der Waals surface area contributed by atoms with E-state index in [0.29, 0.717) is 0 Å². The van der Waals surface area contributed by atoms with Gasteiger partial charge in [-0.1, -0.05) is 13.0 Å². The van der Waals surface area contributed by atoms with Crippen molar-refractivity contribution in [3.8, 4) is 0 Å². The molecule has 0 spiro atoms. The molecule has 0 aliphatic heterocycles. The molecule has 1 N–H and O–H groups in total. The van der Waals surface area contributed by atoms with Crippen molar-refractivity contribution in [1.29, 1.82) is 0 Å². The van der Waals surface area contributed by atoms with Gasteiger partial charge < -0.3 is 10.1 Å². The lowest BCUT2D eigenvalue weighted by atomic mass is 9.71. The number of nitrogens with one attached hydrogen (secondary N) is 1. The number of hydrogen-bond acceptors (Lipinski definition) is 2. The van der Waals surface area contributed by atoms with Gasteiger partial charge in [-0.3, -0.25) is 0 Å². The van der Waals surface area contributed by atoms with Gasteiger partial charge in [-0.05, 0) is 56.0 Å². The Bertz CT molecular complexity index is 409. The van der Waals surface area contributed by atoms with E-state index >= 15 is 0 Å². The van der Waals surface area contributed by atoms with Crippen LogP contribution in [0.25, 0.3) is 0 Å². The number of methoxy groups -OCH3 is 1. The van der Waals surface area contributed by atoms with Gasteiger partial charge in [0.25, 0.3) is 0 Å². The van der Waals surface area contributed by atoms with Crippen molar-refractivity contribution >= 4 is 0 Å². The molecule has 1 saturated carbocycles. The van der Waals surface area contributed by atoms with Crippen molar-refractivity contribution in [3.05, 3.63) is 35.1 Å². The highest BCUT2D eigenvalue weighted by atomic mass is 19.1. The fourth-order valence-electron chi connectivity index (χ4n) is 2.88. The van der Waals surface area contributed by atoms with Gasteiger partial charge in [0.05, 0.1) is 11.6 Å². The summed E-state index contributed by atoms with van der Waals surface area (Å²) < 4.78 is 19.0. The van der Waals surface area contributed by atoms with Crippen LogP contribution in [-0.4, -0.2) is 19.3 Å². The molecule has 1 fully saturated rings. The van der Waals surface area contributed by atoms with Gasteiger partial charge in [0.2, 0.25) is 0 Å². The maximum Gasteiger partial charge on any atom is 0.123 e. The quantitative estimate of drug-likeness (QED) is 0.866. The van der Waals surface area contributed by atoms with Crippen LogP contribution in [0.4, 0.5) is 4.39 Å². The van der Waals surface area contributed by atoms with Gasteiger partial charge in [-0.25, -0.2) is 4.39 Å². The molecule has 0 aromatic heterocycles. The Labute approximate surface area is 109 Å². The highest BCUT2D eigenvalue weighted by molar-refractivity contribution is 5.32. The molecule has 0 radical (unpaired) electrons. The van der Waals surface area contributed by atoms with Crippen molar-refractivity contribution in [1.82, 2.24) is 5.32 Å². The molecule has 2 rings (SSSR count). The summed E-state index contributed by atoms with van der Waals surface area (Å²) in [5.41, 5.74) is 2.03. The van der Waals surface area contributed by atoms with E-state index in [1.54, 1.807) is 13.2 Å². The first-order valence-electron chi connectivity index (χ1n) is 6.67. The van der Waals surface area contributed by atoms with Crippen molar-refractivity contribution < 1.29 is 9.13 Å². The zero-order valence-electron chi connectivity index (χ0n) is 11.4. The lowest BCUT2D eigenvalue weighted by molar-refractivity contribution is -0.0996. The zero-order chi connectivity index (χ0) is 13.2. The second-order valence-corrected chi connectivity index (χ2v) is 5.11. The van der Waals surface area contributed by atoms with Crippen LogP contribution in [0.15, 0.2) is 18.2 Å². The van der Waals surface area contributed by atoms with Crippen LogP contribution in [0.3, 0.4) is 0 Å². The first-order valence-corrected chi connectivity index (χ1v) is 6.67. The molecule has 0 saturated heterocycles. The van der Waals surface area contributed by atoms with Gasteiger partial charge in [-0.15, -0.1) is 0 Å².